The molecular formula is C9H7F2NO5. The van der Waals surface area contributed by atoms with Crippen LogP contribution in [0.3, 0.4) is 0 Å². The van der Waals surface area contributed by atoms with Crippen LogP contribution in [0.2, 0.25) is 0 Å². The van der Waals surface area contributed by atoms with Gasteiger partial charge in [-0.2, -0.15) is 8.78 Å². The summed E-state index contributed by atoms with van der Waals surface area (Å²) in [5, 5.41) is 19.3. The van der Waals surface area contributed by atoms with Crippen molar-refractivity contribution in [2.75, 3.05) is 0 Å². The normalized spacial score (nSPS) is 10.4. The van der Waals surface area contributed by atoms with Crippen molar-refractivity contribution in [2.24, 2.45) is 0 Å². The number of nitro benzene ring substituents is 1. The van der Waals surface area contributed by atoms with Crippen LogP contribution in [0.15, 0.2) is 12.1 Å². The smallest absolute Gasteiger partial charge is 0.387 e. The molecule has 92 valence electrons. The first-order valence-electron chi connectivity index (χ1n) is 4.30. The maximum atomic E-state index is 12.0. The summed E-state index contributed by atoms with van der Waals surface area (Å²) < 4.78 is 28.0. The van der Waals surface area contributed by atoms with Crippen molar-refractivity contribution in [2.45, 2.75) is 13.5 Å². The van der Waals surface area contributed by atoms with Gasteiger partial charge in [0.2, 0.25) is 0 Å². The molecule has 17 heavy (non-hydrogen) atoms. The van der Waals surface area contributed by atoms with Crippen LogP contribution < -0.4 is 4.74 Å². The molecule has 0 radical (unpaired) electrons. The van der Waals surface area contributed by atoms with E-state index in [0.717, 1.165) is 6.07 Å². The predicted octanol–water partition coefficient (Wildman–Crippen LogP) is 2.20. The standard InChI is InChI=1S/C9H7F2NO5/c1-4-2-5(8(13)14)7(17-9(10)11)3-6(4)12(15)16/h2-3,9H,1H3,(H,13,14). The van der Waals surface area contributed by atoms with Crippen LogP contribution in [0.25, 0.3) is 0 Å². The molecule has 0 atom stereocenters. The average Bonchev–Trinajstić information content (AvgIpc) is 2.18. The van der Waals surface area contributed by atoms with Crippen molar-refractivity contribution in [1.82, 2.24) is 0 Å². The van der Waals surface area contributed by atoms with Crippen molar-refractivity contribution in [3.63, 3.8) is 0 Å². The molecule has 0 heterocycles. The van der Waals surface area contributed by atoms with Gasteiger partial charge in [-0.3, -0.25) is 10.1 Å². The van der Waals surface area contributed by atoms with Crippen LogP contribution in [0.4, 0.5) is 14.5 Å². The van der Waals surface area contributed by atoms with Crippen LogP contribution in [0, 0.1) is 17.0 Å². The van der Waals surface area contributed by atoms with Gasteiger partial charge in [-0.15, -0.1) is 0 Å². The minimum absolute atomic E-state index is 0.0500. The zero-order chi connectivity index (χ0) is 13.2. The number of carboxylic acid groups (broad SMARTS) is 1. The molecule has 0 aliphatic carbocycles. The maximum absolute atomic E-state index is 12.0. The highest BCUT2D eigenvalue weighted by molar-refractivity contribution is 5.91. The summed E-state index contributed by atoms with van der Waals surface area (Å²) in [5.74, 6) is -2.23. The van der Waals surface area contributed by atoms with Crippen LogP contribution >= 0.6 is 0 Å². The van der Waals surface area contributed by atoms with Gasteiger partial charge in [0, 0.05) is 5.56 Å². The van der Waals surface area contributed by atoms with E-state index in [0.29, 0.717) is 6.07 Å². The van der Waals surface area contributed by atoms with Gasteiger partial charge < -0.3 is 9.84 Å². The second-order valence-electron chi connectivity index (χ2n) is 3.08. The molecule has 0 unspecified atom stereocenters. The Morgan fingerprint density at radius 1 is 1.53 bits per heavy atom. The van der Waals surface area contributed by atoms with Gasteiger partial charge in [-0.05, 0) is 13.0 Å². The van der Waals surface area contributed by atoms with E-state index in [9.17, 15) is 23.7 Å². The molecule has 0 saturated carbocycles. The van der Waals surface area contributed by atoms with Crippen molar-refractivity contribution in [1.29, 1.82) is 0 Å². The topological polar surface area (TPSA) is 89.7 Å². The number of rotatable bonds is 4. The highest BCUT2D eigenvalue weighted by Crippen LogP contribution is 2.29. The number of nitro groups is 1. The van der Waals surface area contributed by atoms with Gasteiger partial charge in [-0.25, -0.2) is 4.79 Å². The van der Waals surface area contributed by atoms with E-state index >= 15 is 0 Å². The lowest BCUT2D eigenvalue weighted by Gasteiger charge is -2.08. The van der Waals surface area contributed by atoms with Gasteiger partial charge in [0.15, 0.2) is 0 Å². The highest BCUT2D eigenvalue weighted by atomic mass is 19.3. The Labute approximate surface area is 93.6 Å². The SMILES string of the molecule is Cc1cc(C(=O)O)c(OC(F)F)cc1[N+](=O)[O-]. The number of carboxylic acids is 1. The Morgan fingerprint density at radius 2 is 2.12 bits per heavy atom. The molecule has 0 aliphatic heterocycles. The fourth-order valence-corrected chi connectivity index (χ4v) is 1.23. The van der Waals surface area contributed by atoms with E-state index in [1.165, 1.54) is 6.92 Å². The zero-order valence-corrected chi connectivity index (χ0v) is 8.52. The van der Waals surface area contributed by atoms with Crippen LogP contribution in [-0.4, -0.2) is 22.6 Å². The van der Waals surface area contributed by atoms with Gasteiger partial charge in [0.05, 0.1) is 11.0 Å². The summed E-state index contributed by atoms with van der Waals surface area (Å²) in [4.78, 5) is 20.5. The third-order valence-corrected chi connectivity index (χ3v) is 1.94. The van der Waals surface area contributed by atoms with Gasteiger partial charge >= 0.3 is 12.6 Å². The third-order valence-electron chi connectivity index (χ3n) is 1.94. The number of hydrogen-bond acceptors (Lipinski definition) is 4. The Kier molecular flexibility index (Phi) is 3.56. The van der Waals surface area contributed by atoms with Crippen molar-refractivity contribution < 1.29 is 28.3 Å². The zero-order valence-electron chi connectivity index (χ0n) is 8.52. The van der Waals surface area contributed by atoms with Gasteiger partial charge in [0.1, 0.15) is 11.3 Å². The van der Waals surface area contributed by atoms with Crippen LogP contribution in [0.5, 0.6) is 5.75 Å². The molecule has 6 nitrogen and oxygen atoms in total. The molecule has 1 N–H and O–H groups in total. The Bertz CT molecular complexity index is 475. The molecule has 0 spiro atoms. The number of aryl methyl sites for hydroxylation is 1. The molecule has 1 aromatic carbocycles. The predicted molar refractivity (Wildman–Crippen MR) is 51.4 cm³/mol. The molecule has 0 saturated heterocycles. The second-order valence-corrected chi connectivity index (χ2v) is 3.08. The summed E-state index contributed by atoms with van der Waals surface area (Å²) in [6.07, 6.45) is 0. The van der Waals surface area contributed by atoms with E-state index in [1.54, 1.807) is 0 Å². The summed E-state index contributed by atoms with van der Waals surface area (Å²) in [7, 11) is 0. The lowest BCUT2D eigenvalue weighted by molar-refractivity contribution is -0.385. The third kappa shape index (κ3) is 2.86. The van der Waals surface area contributed by atoms with Gasteiger partial charge in [-0.1, -0.05) is 0 Å². The number of halogens is 2. The first-order valence-corrected chi connectivity index (χ1v) is 4.30. The molecule has 0 bridgehead atoms. The van der Waals surface area contributed by atoms with E-state index in [-0.39, 0.29) is 5.56 Å². The Hall–Kier alpha value is -2.25. The fourth-order valence-electron chi connectivity index (χ4n) is 1.23. The van der Waals surface area contributed by atoms with E-state index in [4.69, 9.17) is 5.11 Å². The minimum atomic E-state index is -3.25. The number of benzene rings is 1. The average molecular weight is 247 g/mol. The van der Waals surface area contributed by atoms with Crippen LogP contribution in [-0.2, 0) is 0 Å². The summed E-state index contributed by atoms with van der Waals surface area (Å²) >= 11 is 0. The molecule has 1 aromatic rings. The first kappa shape index (κ1) is 12.8. The molecule has 0 aromatic heterocycles. The van der Waals surface area contributed by atoms with E-state index in [2.05, 4.69) is 4.74 Å². The van der Waals surface area contributed by atoms with Crippen molar-refractivity contribution in [3.8, 4) is 5.75 Å². The van der Waals surface area contributed by atoms with Gasteiger partial charge in [0.25, 0.3) is 5.69 Å². The first-order chi connectivity index (χ1) is 7.82. The molecule has 0 fully saturated rings. The quantitative estimate of drug-likeness (QED) is 0.650. The number of ether oxygens (including phenoxy) is 1. The Balaban J connectivity index is 3.36. The molecule has 0 amide bonds. The lowest BCUT2D eigenvalue weighted by Crippen LogP contribution is -2.09. The van der Waals surface area contributed by atoms with E-state index < -0.39 is 34.5 Å². The van der Waals surface area contributed by atoms with Crippen molar-refractivity contribution in [3.05, 3.63) is 33.4 Å². The number of hydrogen-bond donors (Lipinski definition) is 1. The highest BCUT2D eigenvalue weighted by Gasteiger charge is 2.22. The van der Waals surface area contributed by atoms with Crippen LogP contribution in [0.1, 0.15) is 15.9 Å². The lowest BCUT2D eigenvalue weighted by atomic mass is 10.1. The maximum Gasteiger partial charge on any atom is 0.387 e. The van der Waals surface area contributed by atoms with E-state index in [1.807, 2.05) is 0 Å². The molecule has 8 heteroatoms. The fraction of sp³-hybridized carbons (Fsp3) is 0.222. The van der Waals surface area contributed by atoms with Crippen molar-refractivity contribution >= 4 is 11.7 Å². The number of carbonyl (C=O) groups is 1. The molecular weight excluding hydrogens is 240 g/mol. The minimum Gasteiger partial charge on any atom is -0.478 e. The summed E-state index contributed by atoms with van der Waals surface area (Å²) in [5.41, 5.74) is -0.979. The number of alkyl halides is 2. The number of nitrogens with zero attached hydrogens (tertiary/aromatic N) is 1. The second kappa shape index (κ2) is 4.73. The number of aromatic carboxylic acids is 1. The Morgan fingerprint density at radius 3 is 2.53 bits per heavy atom. The molecule has 0 aliphatic rings. The largest absolute Gasteiger partial charge is 0.478 e. The monoisotopic (exact) mass is 247 g/mol. The summed E-state index contributed by atoms with van der Waals surface area (Å²) in [6.45, 7) is -1.95. The molecule has 1 rings (SSSR count). The summed E-state index contributed by atoms with van der Waals surface area (Å²) in [6, 6.07) is 1.59.